The summed E-state index contributed by atoms with van der Waals surface area (Å²) in [5.74, 6) is 0.866. The van der Waals surface area contributed by atoms with Crippen molar-refractivity contribution in [3.8, 4) is 5.75 Å². The monoisotopic (exact) mass is 446 g/mol. The molecule has 32 heavy (non-hydrogen) atoms. The van der Waals surface area contributed by atoms with Crippen molar-refractivity contribution in [3.63, 3.8) is 0 Å². The van der Waals surface area contributed by atoms with E-state index in [0.717, 1.165) is 23.1 Å². The minimum absolute atomic E-state index is 0.0131. The van der Waals surface area contributed by atoms with Crippen LogP contribution in [0, 0.1) is 0 Å². The molecule has 2 fully saturated rings. The molecule has 6 heteroatoms. The van der Waals surface area contributed by atoms with Gasteiger partial charge in [0.15, 0.2) is 5.11 Å². The Labute approximate surface area is 195 Å². The second kappa shape index (κ2) is 9.33. The molecule has 166 valence electrons. The average Bonchev–Trinajstić information content (AvgIpc) is 3.45. The lowest BCUT2D eigenvalue weighted by Gasteiger charge is -2.32. The lowest BCUT2D eigenvalue weighted by Crippen LogP contribution is -2.30. The van der Waals surface area contributed by atoms with Gasteiger partial charge in [0.1, 0.15) is 5.75 Å². The van der Waals surface area contributed by atoms with Gasteiger partial charge in [-0.2, -0.15) is 0 Å². The molecule has 3 heterocycles. The number of ether oxygens (including phenoxy) is 1. The molecule has 1 saturated heterocycles. The van der Waals surface area contributed by atoms with Crippen molar-refractivity contribution in [2.45, 2.75) is 56.8 Å². The molecule has 1 aliphatic heterocycles. The molecule has 0 amide bonds. The van der Waals surface area contributed by atoms with E-state index in [1.165, 1.54) is 43.4 Å². The molecule has 5 nitrogen and oxygen atoms in total. The third kappa shape index (κ3) is 4.11. The van der Waals surface area contributed by atoms with Gasteiger partial charge >= 0.3 is 0 Å². The first kappa shape index (κ1) is 21.0. The molecule has 0 unspecified atom stereocenters. The SMILES string of the molecule is COc1ccc(CN2C(=S)N[C@H](c3ccccn3)[C@H]2c2cccn2C2CCCCC2)cc1. The van der Waals surface area contributed by atoms with Crippen LogP contribution in [-0.4, -0.2) is 26.7 Å². The molecule has 1 aromatic carbocycles. The van der Waals surface area contributed by atoms with Crippen LogP contribution in [0.2, 0.25) is 0 Å². The molecule has 5 rings (SSSR count). The quantitative estimate of drug-likeness (QED) is 0.502. The van der Waals surface area contributed by atoms with Crippen molar-refractivity contribution in [2.75, 3.05) is 7.11 Å². The van der Waals surface area contributed by atoms with Gasteiger partial charge in [-0.05, 0) is 67.0 Å². The summed E-state index contributed by atoms with van der Waals surface area (Å²) in [7, 11) is 1.70. The van der Waals surface area contributed by atoms with Gasteiger partial charge < -0.3 is 19.5 Å². The predicted octanol–water partition coefficient (Wildman–Crippen LogP) is 5.57. The Hall–Kier alpha value is -2.86. The highest BCUT2D eigenvalue weighted by Gasteiger charge is 2.41. The molecule has 1 saturated carbocycles. The third-order valence-electron chi connectivity index (χ3n) is 6.79. The van der Waals surface area contributed by atoms with E-state index in [-0.39, 0.29) is 12.1 Å². The summed E-state index contributed by atoms with van der Waals surface area (Å²) >= 11 is 5.87. The second-order valence-corrected chi connectivity index (χ2v) is 9.12. The number of methoxy groups -OCH3 is 1. The molecular formula is C26H30N4OS. The number of benzene rings is 1. The Morgan fingerprint density at radius 1 is 1.03 bits per heavy atom. The van der Waals surface area contributed by atoms with Gasteiger partial charge in [-0.3, -0.25) is 4.98 Å². The number of thiocarbonyl (C=S) groups is 1. The Balaban J connectivity index is 1.52. The smallest absolute Gasteiger partial charge is 0.170 e. The fourth-order valence-corrected chi connectivity index (χ4v) is 5.48. The minimum atomic E-state index is 0.0131. The molecule has 2 aromatic heterocycles. The summed E-state index contributed by atoms with van der Waals surface area (Å²) < 4.78 is 7.85. The van der Waals surface area contributed by atoms with Crippen LogP contribution in [0.4, 0.5) is 0 Å². The minimum Gasteiger partial charge on any atom is -0.497 e. The Morgan fingerprint density at radius 3 is 2.56 bits per heavy atom. The molecular weight excluding hydrogens is 416 g/mol. The number of aromatic nitrogens is 2. The van der Waals surface area contributed by atoms with Gasteiger partial charge in [-0.1, -0.05) is 37.5 Å². The van der Waals surface area contributed by atoms with E-state index in [1.54, 1.807) is 7.11 Å². The molecule has 2 aliphatic rings. The highest BCUT2D eigenvalue weighted by Crippen LogP contribution is 2.42. The average molecular weight is 447 g/mol. The maximum atomic E-state index is 5.87. The van der Waals surface area contributed by atoms with E-state index in [1.807, 2.05) is 24.4 Å². The highest BCUT2D eigenvalue weighted by molar-refractivity contribution is 7.80. The van der Waals surface area contributed by atoms with Crippen LogP contribution in [0.15, 0.2) is 67.0 Å². The van der Waals surface area contributed by atoms with Gasteiger partial charge in [0, 0.05) is 30.7 Å². The Morgan fingerprint density at radius 2 is 1.84 bits per heavy atom. The summed E-state index contributed by atoms with van der Waals surface area (Å²) in [6.07, 6.45) is 10.6. The first-order chi connectivity index (χ1) is 15.7. The number of nitrogens with zero attached hydrogens (tertiary/aromatic N) is 3. The van der Waals surface area contributed by atoms with E-state index in [2.05, 4.69) is 62.4 Å². The van der Waals surface area contributed by atoms with Gasteiger partial charge in [-0.15, -0.1) is 0 Å². The van der Waals surface area contributed by atoms with Crippen molar-refractivity contribution in [1.29, 1.82) is 0 Å². The van der Waals surface area contributed by atoms with Gasteiger partial charge in [0.2, 0.25) is 0 Å². The summed E-state index contributed by atoms with van der Waals surface area (Å²) in [6, 6.07) is 19.5. The summed E-state index contributed by atoms with van der Waals surface area (Å²) in [6.45, 7) is 0.736. The van der Waals surface area contributed by atoms with Crippen molar-refractivity contribution in [1.82, 2.24) is 19.8 Å². The first-order valence-electron chi connectivity index (χ1n) is 11.5. The van der Waals surface area contributed by atoms with Crippen LogP contribution in [0.5, 0.6) is 5.75 Å². The summed E-state index contributed by atoms with van der Waals surface area (Å²) in [4.78, 5) is 7.01. The number of rotatable bonds is 6. The van der Waals surface area contributed by atoms with E-state index in [9.17, 15) is 0 Å². The zero-order chi connectivity index (χ0) is 21.9. The van der Waals surface area contributed by atoms with Crippen molar-refractivity contribution in [2.24, 2.45) is 0 Å². The molecule has 2 atom stereocenters. The fraction of sp³-hybridized carbons (Fsp3) is 0.385. The van der Waals surface area contributed by atoms with E-state index in [4.69, 9.17) is 17.0 Å². The molecule has 0 radical (unpaired) electrons. The lowest BCUT2D eigenvalue weighted by atomic mass is 9.94. The van der Waals surface area contributed by atoms with Crippen LogP contribution >= 0.6 is 12.2 Å². The van der Waals surface area contributed by atoms with Crippen LogP contribution in [0.1, 0.15) is 67.2 Å². The number of hydrogen-bond acceptors (Lipinski definition) is 3. The lowest BCUT2D eigenvalue weighted by molar-refractivity contribution is 0.275. The normalized spacial score (nSPS) is 21.5. The van der Waals surface area contributed by atoms with Crippen molar-refractivity contribution < 1.29 is 4.74 Å². The third-order valence-corrected chi connectivity index (χ3v) is 7.15. The van der Waals surface area contributed by atoms with Crippen LogP contribution < -0.4 is 10.1 Å². The molecule has 3 aromatic rings. The standard InChI is InChI=1S/C26H30N4OS/c1-31-21-14-12-19(13-15-21)18-30-25(24(28-26(30)32)22-10-5-6-16-27-22)23-11-7-17-29(23)20-8-3-2-4-9-20/h5-7,10-17,20,24-25H,2-4,8-9,18H2,1H3,(H,28,32)/t24-,25-/m1/s1. The van der Waals surface area contributed by atoms with Crippen LogP contribution in [-0.2, 0) is 6.54 Å². The molecule has 1 N–H and O–H groups in total. The van der Waals surface area contributed by atoms with E-state index in [0.29, 0.717) is 6.04 Å². The summed E-state index contributed by atoms with van der Waals surface area (Å²) in [5, 5.41) is 4.36. The first-order valence-corrected chi connectivity index (χ1v) is 11.9. The molecule has 0 spiro atoms. The fourth-order valence-electron chi connectivity index (χ4n) is 5.17. The zero-order valence-corrected chi connectivity index (χ0v) is 19.3. The largest absolute Gasteiger partial charge is 0.497 e. The Kier molecular flexibility index (Phi) is 6.12. The van der Waals surface area contributed by atoms with Gasteiger partial charge in [-0.25, -0.2) is 0 Å². The highest BCUT2D eigenvalue weighted by atomic mass is 32.1. The maximum absolute atomic E-state index is 5.87. The molecule has 1 aliphatic carbocycles. The topological polar surface area (TPSA) is 42.3 Å². The maximum Gasteiger partial charge on any atom is 0.170 e. The van der Waals surface area contributed by atoms with Crippen molar-refractivity contribution in [3.05, 3.63) is 83.9 Å². The number of nitrogens with one attached hydrogen (secondary N) is 1. The van der Waals surface area contributed by atoms with E-state index >= 15 is 0 Å². The number of hydrogen-bond donors (Lipinski definition) is 1. The second-order valence-electron chi connectivity index (χ2n) is 8.73. The summed E-state index contributed by atoms with van der Waals surface area (Å²) in [5.41, 5.74) is 3.54. The Bertz CT molecular complexity index is 1040. The van der Waals surface area contributed by atoms with Gasteiger partial charge in [0.25, 0.3) is 0 Å². The molecule has 0 bridgehead atoms. The van der Waals surface area contributed by atoms with Gasteiger partial charge in [0.05, 0.1) is 24.9 Å². The zero-order valence-electron chi connectivity index (χ0n) is 18.5. The van der Waals surface area contributed by atoms with Crippen LogP contribution in [0.25, 0.3) is 0 Å². The van der Waals surface area contributed by atoms with E-state index < -0.39 is 0 Å². The van der Waals surface area contributed by atoms with Crippen molar-refractivity contribution >= 4 is 17.3 Å². The number of pyridine rings is 1. The predicted molar refractivity (Wildman–Crippen MR) is 131 cm³/mol. The van der Waals surface area contributed by atoms with Crippen LogP contribution in [0.3, 0.4) is 0 Å².